The van der Waals surface area contributed by atoms with E-state index >= 15 is 0 Å². The van der Waals surface area contributed by atoms with Crippen LogP contribution in [-0.4, -0.2) is 23.5 Å². The zero-order valence-corrected chi connectivity index (χ0v) is 13.0. The normalized spacial score (nSPS) is 15.4. The molecule has 0 radical (unpaired) electrons. The molecule has 0 spiro atoms. The van der Waals surface area contributed by atoms with E-state index in [1.807, 2.05) is 24.3 Å². The van der Waals surface area contributed by atoms with Gasteiger partial charge in [-0.2, -0.15) is 13.2 Å². The van der Waals surface area contributed by atoms with Crippen molar-refractivity contribution in [3.05, 3.63) is 40.9 Å². The number of para-hydroxylation sites is 1. The second-order valence-corrected chi connectivity index (χ2v) is 6.29. The number of benzene rings is 1. The van der Waals surface area contributed by atoms with Gasteiger partial charge in [-0.05, 0) is 25.0 Å². The fourth-order valence-corrected chi connectivity index (χ4v) is 3.29. The van der Waals surface area contributed by atoms with Crippen LogP contribution in [0.3, 0.4) is 0 Å². The maximum atomic E-state index is 12.6. The molecule has 3 rings (SSSR count). The lowest BCUT2D eigenvalue weighted by atomic mass is 10.2. The minimum atomic E-state index is -4.42. The first-order valence-electron chi connectivity index (χ1n) is 7.05. The molecule has 4 nitrogen and oxygen atoms in total. The largest absolute Gasteiger partial charge is 0.427 e. The number of carbonyl (C=O) groups is 1. The Hall–Kier alpha value is -2.09. The summed E-state index contributed by atoms with van der Waals surface area (Å²) in [5, 5.41) is 2.85. The molecular weight excluding hydrogens is 327 g/mol. The highest BCUT2D eigenvalue weighted by molar-refractivity contribution is 7.15. The Balaban J connectivity index is 1.70. The Morgan fingerprint density at radius 2 is 2.13 bits per heavy atom. The van der Waals surface area contributed by atoms with Crippen LogP contribution in [0.2, 0.25) is 0 Å². The van der Waals surface area contributed by atoms with E-state index < -0.39 is 17.1 Å². The fourth-order valence-electron chi connectivity index (χ4n) is 2.52. The predicted octanol–water partition coefficient (Wildman–Crippen LogP) is 3.55. The number of nitrogens with one attached hydrogen (secondary N) is 1. The number of thiazole rings is 1. The predicted molar refractivity (Wildman–Crippen MR) is 82.7 cm³/mol. The molecule has 0 aliphatic carbocycles. The summed E-state index contributed by atoms with van der Waals surface area (Å²) in [4.78, 5) is 17.1. The molecule has 1 N–H and O–H groups in total. The zero-order valence-electron chi connectivity index (χ0n) is 12.2. The van der Waals surface area contributed by atoms with Crippen LogP contribution < -0.4 is 10.2 Å². The first-order chi connectivity index (χ1) is 10.9. The molecule has 122 valence electrons. The number of hydrogen-bond acceptors (Lipinski definition) is 4. The van der Waals surface area contributed by atoms with Crippen LogP contribution in [0.15, 0.2) is 30.5 Å². The lowest BCUT2D eigenvalue weighted by Crippen LogP contribution is -2.40. The van der Waals surface area contributed by atoms with Crippen molar-refractivity contribution in [3.8, 4) is 0 Å². The van der Waals surface area contributed by atoms with Crippen LogP contribution in [0.4, 0.5) is 24.0 Å². The molecule has 0 saturated heterocycles. The Labute approximate surface area is 135 Å². The average molecular weight is 341 g/mol. The summed E-state index contributed by atoms with van der Waals surface area (Å²) >= 11 is 0.496. The van der Waals surface area contributed by atoms with E-state index in [4.69, 9.17) is 0 Å². The molecule has 23 heavy (non-hydrogen) atoms. The Kier molecular flexibility index (Phi) is 4.01. The highest BCUT2D eigenvalue weighted by atomic mass is 32.1. The van der Waals surface area contributed by atoms with Gasteiger partial charge in [-0.3, -0.25) is 4.79 Å². The number of halogens is 3. The SMILES string of the molecule is CC(Nc1ncc(C(F)(F)F)s1)C(=O)N1CCc2ccccc21. The number of anilines is 2. The lowest BCUT2D eigenvalue weighted by molar-refractivity contribution is -0.134. The van der Waals surface area contributed by atoms with Gasteiger partial charge in [0.1, 0.15) is 10.9 Å². The molecule has 2 heterocycles. The molecule has 0 bridgehead atoms. The van der Waals surface area contributed by atoms with Crippen LogP contribution >= 0.6 is 11.3 Å². The smallest absolute Gasteiger partial charge is 0.350 e. The monoisotopic (exact) mass is 341 g/mol. The molecule has 2 aromatic rings. The molecule has 1 aliphatic heterocycles. The van der Waals surface area contributed by atoms with Crippen LogP contribution in [0, 0.1) is 0 Å². The molecular formula is C15H14F3N3OS. The highest BCUT2D eigenvalue weighted by Crippen LogP contribution is 2.35. The van der Waals surface area contributed by atoms with Crippen molar-refractivity contribution in [1.29, 1.82) is 0 Å². The van der Waals surface area contributed by atoms with Gasteiger partial charge in [-0.15, -0.1) is 0 Å². The van der Waals surface area contributed by atoms with E-state index in [9.17, 15) is 18.0 Å². The van der Waals surface area contributed by atoms with Crippen molar-refractivity contribution < 1.29 is 18.0 Å². The van der Waals surface area contributed by atoms with Gasteiger partial charge in [0.15, 0.2) is 5.13 Å². The summed E-state index contributed by atoms with van der Waals surface area (Å²) < 4.78 is 37.7. The molecule has 1 aromatic heterocycles. The standard InChI is InChI=1S/C15H14F3N3OS/c1-9(20-14-19-8-12(23-14)15(16,17)18)13(22)21-7-6-10-4-2-3-5-11(10)21/h2-5,8-9H,6-7H2,1H3,(H,19,20). The second-order valence-electron chi connectivity index (χ2n) is 5.26. The summed E-state index contributed by atoms with van der Waals surface area (Å²) in [6.45, 7) is 2.20. The van der Waals surface area contributed by atoms with Crippen molar-refractivity contribution >= 4 is 28.1 Å². The summed E-state index contributed by atoms with van der Waals surface area (Å²) in [6, 6.07) is 6.96. The number of alkyl halides is 3. The Bertz CT molecular complexity index is 729. The summed E-state index contributed by atoms with van der Waals surface area (Å²) in [6.07, 6.45) is -2.86. The Morgan fingerprint density at radius 3 is 2.83 bits per heavy atom. The van der Waals surface area contributed by atoms with Crippen molar-refractivity contribution in [2.45, 2.75) is 25.6 Å². The van der Waals surface area contributed by atoms with Crippen molar-refractivity contribution in [2.24, 2.45) is 0 Å². The second kappa shape index (κ2) is 5.84. The van der Waals surface area contributed by atoms with E-state index in [-0.39, 0.29) is 11.0 Å². The summed E-state index contributed by atoms with van der Waals surface area (Å²) in [5.41, 5.74) is 1.96. The zero-order chi connectivity index (χ0) is 16.6. The average Bonchev–Trinajstić information content (AvgIpc) is 3.12. The highest BCUT2D eigenvalue weighted by Gasteiger charge is 2.34. The molecule has 1 amide bonds. The van der Waals surface area contributed by atoms with Gasteiger partial charge in [0.05, 0.1) is 6.20 Å². The number of nitrogens with zero attached hydrogens (tertiary/aromatic N) is 2. The van der Waals surface area contributed by atoms with Crippen LogP contribution in [0.25, 0.3) is 0 Å². The Morgan fingerprint density at radius 1 is 1.39 bits per heavy atom. The van der Waals surface area contributed by atoms with Gasteiger partial charge in [-0.1, -0.05) is 29.5 Å². The number of aromatic nitrogens is 1. The minimum Gasteiger partial charge on any atom is -0.350 e. The third-order valence-electron chi connectivity index (χ3n) is 3.65. The van der Waals surface area contributed by atoms with Gasteiger partial charge in [-0.25, -0.2) is 4.98 Å². The van der Waals surface area contributed by atoms with Crippen LogP contribution in [0.5, 0.6) is 0 Å². The number of amides is 1. The molecule has 1 atom stereocenters. The molecule has 0 fully saturated rings. The van der Waals surface area contributed by atoms with E-state index in [0.29, 0.717) is 17.9 Å². The van der Waals surface area contributed by atoms with E-state index in [0.717, 1.165) is 23.9 Å². The summed E-state index contributed by atoms with van der Waals surface area (Å²) in [7, 11) is 0. The van der Waals surface area contributed by atoms with Crippen molar-refractivity contribution in [1.82, 2.24) is 4.98 Å². The van der Waals surface area contributed by atoms with E-state index in [1.165, 1.54) is 0 Å². The molecule has 1 aliphatic rings. The summed E-state index contributed by atoms with van der Waals surface area (Å²) in [5.74, 6) is -0.182. The van der Waals surface area contributed by atoms with Gasteiger partial charge in [0, 0.05) is 12.2 Å². The van der Waals surface area contributed by atoms with Crippen LogP contribution in [0.1, 0.15) is 17.4 Å². The molecule has 8 heteroatoms. The lowest BCUT2D eigenvalue weighted by Gasteiger charge is -2.22. The molecule has 1 aromatic carbocycles. The fraction of sp³-hybridized carbons (Fsp3) is 0.333. The number of carbonyl (C=O) groups excluding carboxylic acids is 1. The third kappa shape index (κ3) is 3.17. The third-order valence-corrected chi connectivity index (χ3v) is 4.62. The maximum Gasteiger partial charge on any atom is 0.427 e. The van der Waals surface area contributed by atoms with Gasteiger partial charge >= 0.3 is 6.18 Å². The first kappa shape index (κ1) is 15.8. The quantitative estimate of drug-likeness (QED) is 0.929. The maximum absolute atomic E-state index is 12.6. The number of hydrogen-bond donors (Lipinski definition) is 1. The van der Waals surface area contributed by atoms with Gasteiger partial charge in [0.25, 0.3) is 0 Å². The van der Waals surface area contributed by atoms with Gasteiger partial charge in [0.2, 0.25) is 5.91 Å². The van der Waals surface area contributed by atoms with Crippen molar-refractivity contribution in [2.75, 3.05) is 16.8 Å². The topological polar surface area (TPSA) is 45.2 Å². The number of rotatable bonds is 3. The number of fused-ring (bicyclic) bond motifs is 1. The van der Waals surface area contributed by atoms with Gasteiger partial charge < -0.3 is 10.2 Å². The molecule has 0 saturated carbocycles. The molecule has 1 unspecified atom stereocenters. The van der Waals surface area contributed by atoms with Crippen LogP contribution in [-0.2, 0) is 17.4 Å². The minimum absolute atomic E-state index is 0.0886. The van der Waals surface area contributed by atoms with Crippen molar-refractivity contribution in [3.63, 3.8) is 0 Å². The van der Waals surface area contributed by atoms with E-state index in [2.05, 4.69) is 10.3 Å². The first-order valence-corrected chi connectivity index (χ1v) is 7.87. The van der Waals surface area contributed by atoms with E-state index in [1.54, 1.807) is 11.8 Å².